The Bertz CT molecular complexity index is 876. The van der Waals surface area contributed by atoms with Crippen molar-refractivity contribution in [2.45, 2.75) is 20.4 Å². The Balaban J connectivity index is 1.77. The number of rotatable bonds is 4. The van der Waals surface area contributed by atoms with Gasteiger partial charge in [0.05, 0.1) is 17.8 Å². The molecule has 0 aliphatic heterocycles. The number of anilines is 1. The third-order valence-corrected chi connectivity index (χ3v) is 3.86. The van der Waals surface area contributed by atoms with Gasteiger partial charge in [0.15, 0.2) is 5.82 Å². The molecule has 3 rings (SSSR count). The maximum absolute atomic E-state index is 12.5. The van der Waals surface area contributed by atoms with E-state index in [1.807, 2.05) is 45.2 Å². The van der Waals surface area contributed by atoms with Gasteiger partial charge in [0, 0.05) is 24.0 Å². The molecule has 0 bridgehead atoms. The summed E-state index contributed by atoms with van der Waals surface area (Å²) >= 11 is 0. The summed E-state index contributed by atoms with van der Waals surface area (Å²) in [7, 11) is 1.82. The van der Waals surface area contributed by atoms with Crippen LogP contribution in [0.3, 0.4) is 0 Å². The zero-order valence-corrected chi connectivity index (χ0v) is 13.8. The average molecular weight is 325 g/mol. The molecule has 0 aliphatic carbocycles. The summed E-state index contributed by atoms with van der Waals surface area (Å²) in [4.78, 5) is 16.7. The molecular formula is C16H19N7O. The number of nitrogens with one attached hydrogen (secondary N) is 2. The first kappa shape index (κ1) is 15.9. The highest BCUT2D eigenvalue weighted by Gasteiger charge is 2.17. The van der Waals surface area contributed by atoms with Gasteiger partial charge >= 0.3 is 0 Å². The predicted molar refractivity (Wildman–Crippen MR) is 90.3 cm³/mol. The van der Waals surface area contributed by atoms with Crippen molar-refractivity contribution in [3.8, 4) is 11.4 Å². The van der Waals surface area contributed by atoms with Crippen molar-refractivity contribution >= 4 is 11.6 Å². The standard InChI is InChI=1S/C16H19N7O/c1-9-14(10(2)23(3)22-9)16(24)18-12-6-4-11(5-7-12)15-19-13(8-17)20-21-15/h4-7H,8,17H2,1-3H3,(H,18,24)(H,19,20,21). The lowest BCUT2D eigenvalue weighted by atomic mass is 10.1. The first-order valence-corrected chi connectivity index (χ1v) is 7.53. The molecule has 2 heterocycles. The van der Waals surface area contributed by atoms with Crippen LogP contribution in [0.2, 0.25) is 0 Å². The lowest BCUT2D eigenvalue weighted by Gasteiger charge is -2.06. The second-order valence-corrected chi connectivity index (χ2v) is 5.51. The molecule has 24 heavy (non-hydrogen) atoms. The van der Waals surface area contributed by atoms with E-state index in [1.54, 1.807) is 4.68 Å². The number of aromatic amines is 1. The van der Waals surface area contributed by atoms with E-state index in [1.165, 1.54) is 0 Å². The van der Waals surface area contributed by atoms with Crippen LogP contribution < -0.4 is 11.1 Å². The van der Waals surface area contributed by atoms with Crippen LogP contribution in [-0.4, -0.2) is 30.9 Å². The summed E-state index contributed by atoms with van der Waals surface area (Å²) < 4.78 is 1.70. The molecule has 0 spiro atoms. The number of H-pyrrole nitrogens is 1. The van der Waals surface area contributed by atoms with Crippen molar-refractivity contribution in [2.24, 2.45) is 12.8 Å². The van der Waals surface area contributed by atoms with Gasteiger partial charge in [-0.2, -0.15) is 10.2 Å². The van der Waals surface area contributed by atoms with E-state index in [0.717, 1.165) is 11.3 Å². The lowest BCUT2D eigenvalue weighted by molar-refractivity contribution is 0.102. The van der Waals surface area contributed by atoms with Gasteiger partial charge in [-0.15, -0.1) is 0 Å². The highest BCUT2D eigenvalue weighted by atomic mass is 16.1. The minimum absolute atomic E-state index is 0.172. The zero-order chi connectivity index (χ0) is 17.3. The second-order valence-electron chi connectivity index (χ2n) is 5.51. The summed E-state index contributed by atoms with van der Waals surface area (Å²) in [5.41, 5.74) is 9.19. The average Bonchev–Trinajstić information content (AvgIpc) is 3.13. The lowest BCUT2D eigenvalue weighted by Crippen LogP contribution is -2.14. The number of aryl methyl sites for hydroxylation is 2. The summed E-state index contributed by atoms with van der Waals surface area (Å²) in [6.07, 6.45) is 0. The summed E-state index contributed by atoms with van der Waals surface area (Å²) in [5.74, 6) is 1.03. The highest BCUT2D eigenvalue weighted by Crippen LogP contribution is 2.19. The van der Waals surface area contributed by atoms with E-state index in [4.69, 9.17) is 5.73 Å². The van der Waals surface area contributed by atoms with Crippen LogP contribution in [0.25, 0.3) is 11.4 Å². The molecule has 4 N–H and O–H groups in total. The van der Waals surface area contributed by atoms with Crippen molar-refractivity contribution in [1.29, 1.82) is 0 Å². The van der Waals surface area contributed by atoms with Crippen LogP contribution >= 0.6 is 0 Å². The van der Waals surface area contributed by atoms with E-state index < -0.39 is 0 Å². The number of hydrogen-bond acceptors (Lipinski definition) is 5. The molecular weight excluding hydrogens is 306 g/mol. The molecule has 0 saturated carbocycles. The van der Waals surface area contributed by atoms with Gasteiger partial charge in [-0.25, -0.2) is 4.98 Å². The number of hydrogen-bond donors (Lipinski definition) is 3. The van der Waals surface area contributed by atoms with Crippen molar-refractivity contribution in [2.75, 3.05) is 5.32 Å². The molecule has 2 aromatic heterocycles. The fraction of sp³-hybridized carbons (Fsp3) is 0.250. The van der Waals surface area contributed by atoms with Crippen molar-refractivity contribution in [1.82, 2.24) is 25.0 Å². The summed E-state index contributed by atoms with van der Waals surface area (Å²) in [5, 5.41) is 14.0. The van der Waals surface area contributed by atoms with Gasteiger partial charge in [0.2, 0.25) is 0 Å². The molecule has 0 fully saturated rings. The van der Waals surface area contributed by atoms with Crippen LogP contribution in [0.5, 0.6) is 0 Å². The van der Waals surface area contributed by atoms with Gasteiger partial charge in [0.25, 0.3) is 5.91 Å². The normalized spacial score (nSPS) is 10.8. The number of aromatic nitrogens is 5. The molecule has 124 valence electrons. The number of amides is 1. The Labute approximate surface area is 139 Å². The highest BCUT2D eigenvalue weighted by molar-refractivity contribution is 6.05. The number of carbonyl (C=O) groups excluding carboxylic acids is 1. The third kappa shape index (κ3) is 2.91. The molecule has 0 atom stereocenters. The zero-order valence-electron chi connectivity index (χ0n) is 13.8. The molecule has 1 aromatic carbocycles. The number of nitrogens with zero attached hydrogens (tertiary/aromatic N) is 4. The SMILES string of the molecule is Cc1nn(C)c(C)c1C(=O)Nc1ccc(-c2n[nH]c(CN)n2)cc1. The van der Waals surface area contributed by atoms with E-state index in [9.17, 15) is 4.79 Å². The van der Waals surface area contributed by atoms with Crippen LogP contribution in [0.4, 0.5) is 5.69 Å². The van der Waals surface area contributed by atoms with Gasteiger partial charge in [0.1, 0.15) is 5.82 Å². The first-order chi connectivity index (χ1) is 11.5. The van der Waals surface area contributed by atoms with Crippen molar-refractivity contribution in [3.05, 3.63) is 47.0 Å². The van der Waals surface area contributed by atoms with E-state index in [-0.39, 0.29) is 5.91 Å². The second kappa shape index (κ2) is 6.25. The van der Waals surface area contributed by atoms with Gasteiger partial charge in [-0.3, -0.25) is 14.6 Å². The van der Waals surface area contributed by atoms with E-state index in [0.29, 0.717) is 35.1 Å². The number of benzene rings is 1. The van der Waals surface area contributed by atoms with Crippen LogP contribution in [0.1, 0.15) is 27.6 Å². The van der Waals surface area contributed by atoms with Gasteiger partial charge in [-0.05, 0) is 38.1 Å². The molecule has 8 heteroatoms. The largest absolute Gasteiger partial charge is 0.324 e. The molecule has 8 nitrogen and oxygen atoms in total. The smallest absolute Gasteiger partial charge is 0.259 e. The van der Waals surface area contributed by atoms with E-state index in [2.05, 4.69) is 25.6 Å². The molecule has 1 amide bonds. The molecule has 0 radical (unpaired) electrons. The summed E-state index contributed by atoms with van der Waals surface area (Å²) in [6.45, 7) is 4.00. The Kier molecular flexibility index (Phi) is 4.13. The van der Waals surface area contributed by atoms with Crippen LogP contribution in [-0.2, 0) is 13.6 Å². The monoisotopic (exact) mass is 325 g/mol. The Morgan fingerprint density at radius 2 is 2.00 bits per heavy atom. The fourth-order valence-electron chi connectivity index (χ4n) is 2.51. The van der Waals surface area contributed by atoms with Crippen molar-refractivity contribution in [3.63, 3.8) is 0 Å². The molecule has 0 aliphatic rings. The Morgan fingerprint density at radius 3 is 2.54 bits per heavy atom. The molecule has 0 unspecified atom stereocenters. The molecule has 3 aromatic rings. The first-order valence-electron chi connectivity index (χ1n) is 7.53. The maximum Gasteiger partial charge on any atom is 0.259 e. The van der Waals surface area contributed by atoms with E-state index >= 15 is 0 Å². The Hall–Kier alpha value is -3.00. The topological polar surface area (TPSA) is 115 Å². The fourth-order valence-corrected chi connectivity index (χ4v) is 2.51. The maximum atomic E-state index is 12.5. The number of nitrogens with two attached hydrogens (primary N) is 1. The van der Waals surface area contributed by atoms with Crippen molar-refractivity contribution < 1.29 is 4.79 Å². The Morgan fingerprint density at radius 1 is 1.29 bits per heavy atom. The molecule has 0 saturated heterocycles. The minimum Gasteiger partial charge on any atom is -0.324 e. The quantitative estimate of drug-likeness (QED) is 0.673. The third-order valence-electron chi connectivity index (χ3n) is 3.86. The minimum atomic E-state index is -0.172. The van der Waals surface area contributed by atoms with Crippen LogP contribution in [0.15, 0.2) is 24.3 Å². The number of carbonyl (C=O) groups is 1. The predicted octanol–water partition coefficient (Wildman–Crippen LogP) is 1.53. The van der Waals surface area contributed by atoms with Gasteiger partial charge in [-0.1, -0.05) is 0 Å². The van der Waals surface area contributed by atoms with Gasteiger partial charge < -0.3 is 11.1 Å². The van der Waals surface area contributed by atoms with Crippen LogP contribution in [0, 0.1) is 13.8 Å². The summed E-state index contributed by atoms with van der Waals surface area (Å²) in [6, 6.07) is 7.32.